The fourth-order valence-electron chi connectivity index (χ4n) is 1.05. The first-order valence-corrected chi connectivity index (χ1v) is 3.58. The van der Waals surface area contributed by atoms with Gasteiger partial charge in [0.05, 0.1) is 11.1 Å². The quantitative estimate of drug-likeness (QED) is 0.551. The van der Waals surface area contributed by atoms with Crippen LogP contribution in [0.1, 0.15) is 11.1 Å². The molecule has 1 rings (SSSR count). The van der Waals surface area contributed by atoms with Crippen LogP contribution in [-0.2, 0) is 6.18 Å². The first kappa shape index (κ1) is 10.6. The molecule has 0 aliphatic rings. The predicted octanol–water partition coefficient (Wildman–Crippen LogP) is 3.37. The van der Waals surface area contributed by atoms with E-state index in [1.807, 2.05) is 0 Å². The lowest BCUT2D eigenvalue weighted by atomic mass is 10.1. The van der Waals surface area contributed by atoms with Crippen LogP contribution in [0, 0.1) is 5.82 Å². The molecule has 14 heavy (non-hydrogen) atoms. The van der Waals surface area contributed by atoms with Gasteiger partial charge in [-0.2, -0.15) is 13.2 Å². The summed E-state index contributed by atoms with van der Waals surface area (Å²) in [6.07, 6.45) is -4.71. The van der Waals surface area contributed by atoms with Gasteiger partial charge >= 0.3 is 6.18 Å². The second-order valence-electron chi connectivity index (χ2n) is 2.61. The Morgan fingerprint density at radius 1 is 1.29 bits per heavy atom. The van der Waals surface area contributed by atoms with Gasteiger partial charge in [0, 0.05) is 0 Å². The number of rotatable bonds is 1. The van der Waals surface area contributed by atoms with E-state index in [0.29, 0.717) is 6.07 Å². The molecule has 76 valence electrons. The van der Waals surface area contributed by atoms with Crippen LogP contribution >= 0.6 is 0 Å². The van der Waals surface area contributed by atoms with Gasteiger partial charge in [0.25, 0.3) is 0 Å². The summed E-state index contributed by atoms with van der Waals surface area (Å²) in [5.74, 6) is -2.08. The van der Waals surface area contributed by atoms with E-state index >= 15 is 0 Å². The third kappa shape index (κ3) is 1.86. The van der Waals surface area contributed by atoms with Crippen LogP contribution in [0.3, 0.4) is 0 Å². The molecule has 0 unspecified atom stereocenters. The summed E-state index contributed by atoms with van der Waals surface area (Å²) in [4.78, 5) is 0. The fourth-order valence-corrected chi connectivity index (χ4v) is 1.05. The van der Waals surface area contributed by atoms with Crippen molar-refractivity contribution in [2.75, 3.05) is 0 Å². The van der Waals surface area contributed by atoms with Gasteiger partial charge in [-0.05, 0) is 12.1 Å². The summed E-state index contributed by atoms with van der Waals surface area (Å²) in [6.45, 7) is 2.88. The maximum Gasteiger partial charge on any atom is 0.417 e. The molecule has 0 atom stereocenters. The minimum atomic E-state index is -4.71. The molecule has 0 radical (unpaired) electrons. The van der Waals surface area contributed by atoms with Crippen molar-refractivity contribution in [1.82, 2.24) is 0 Å². The largest absolute Gasteiger partial charge is 0.508 e. The van der Waals surface area contributed by atoms with E-state index in [1.54, 1.807) is 0 Å². The third-order valence-electron chi connectivity index (χ3n) is 1.61. The first-order chi connectivity index (χ1) is 6.34. The predicted molar refractivity (Wildman–Crippen MR) is 43.1 cm³/mol. The number of halogens is 4. The zero-order valence-corrected chi connectivity index (χ0v) is 6.90. The minimum Gasteiger partial charge on any atom is -0.508 e. The minimum absolute atomic E-state index is 0.680. The van der Waals surface area contributed by atoms with Crippen LogP contribution < -0.4 is 0 Å². The standard InChI is InChI=1S/C9H6F4O/c1-5(14)8-6(9(11,12)13)3-2-4-7(8)10/h2-4,14H,1H2. The summed E-state index contributed by atoms with van der Waals surface area (Å²) in [6, 6.07) is 2.43. The number of hydrogen-bond donors (Lipinski definition) is 1. The normalized spacial score (nSPS) is 11.4. The van der Waals surface area contributed by atoms with Gasteiger partial charge in [-0.15, -0.1) is 0 Å². The second-order valence-corrected chi connectivity index (χ2v) is 2.61. The molecule has 0 aromatic heterocycles. The molecule has 0 bridgehead atoms. The molecule has 1 N–H and O–H groups in total. The lowest BCUT2D eigenvalue weighted by molar-refractivity contribution is -0.138. The Kier molecular flexibility index (Phi) is 2.51. The maximum atomic E-state index is 12.9. The molecule has 1 aromatic carbocycles. The van der Waals surface area contributed by atoms with Crippen LogP contribution in [0.25, 0.3) is 5.76 Å². The van der Waals surface area contributed by atoms with Crippen LogP contribution in [0.2, 0.25) is 0 Å². The first-order valence-electron chi connectivity index (χ1n) is 3.58. The Bertz CT molecular complexity index is 368. The number of alkyl halides is 3. The van der Waals surface area contributed by atoms with Gasteiger partial charge in [0.15, 0.2) is 0 Å². The van der Waals surface area contributed by atoms with Crippen molar-refractivity contribution in [3.8, 4) is 0 Å². The Labute approximate surface area is 77.3 Å². The summed E-state index contributed by atoms with van der Waals surface area (Å²) in [5, 5.41) is 8.81. The lowest BCUT2D eigenvalue weighted by Gasteiger charge is -2.11. The van der Waals surface area contributed by atoms with E-state index in [2.05, 4.69) is 6.58 Å². The van der Waals surface area contributed by atoms with Gasteiger partial charge in [0.1, 0.15) is 11.6 Å². The van der Waals surface area contributed by atoms with E-state index in [-0.39, 0.29) is 0 Å². The molecule has 5 heteroatoms. The molecule has 0 saturated heterocycles. The SMILES string of the molecule is C=C(O)c1c(F)cccc1C(F)(F)F. The summed E-state index contributed by atoms with van der Waals surface area (Å²) in [5.41, 5.74) is -2.13. The van der Waals surface area contributed by atoms with Crippen LogP contribution in [0.15, 0.2) is 24.8 Å². The van der Waals surface area contributed by atoms with Gasteiger partial charge in [-0.25, -0.2) is 4.39 Å². The zero-order valence-electron chi connectivity index (χ0n) is 6.90. The smallest absolute Gasteiger partial charge is 0.417 e. The molecule has 1 nitrogen and oxygen atoms in total. The van der Waals surface area contributed by atoms with E-state index < -0.39 is 28.9 Å². The Hall–Kier alpha value is -1.52. The summed E-state index contributed by atoms with van der Waals surface area (Å²) >= 11 is 0. The Balaban J connectivity index is 3.44. The van der Waals surface area contributed by atoms with Crippen LogP contribution in [0.5, 0.6) is 0 Å². The van der Waals surface area contributed by atoms with Crippen molar-refractivity contribution in [2.24, 2.45) is 0 Å². The number of aliphatic hydroxyl groups excluding tert-OH is 1. The molecule has 0 aliphatic carbocycles. The van der Waals surface area contributed by atoms with Crippen molar-refractivity contribution < 1.29 is 22.7 Å². The highest BCUT2D eigenvalue weighted by Crippen LogP contribution is 2.35. The molecule has 0 amide bonds. The molecule has 0 spiro atoms. The maximum absolute atomic E-state index is 12.9. The van der Waals surface area contributed by atoms with Crippen molar-refractivity contribution in [1.29, 1.82) is 0 Å². The zero-order chi connectivity index (χ0) is 10.9. The van der Waals surface area contributed by atoms with Crippen molar-refractivity contribution in [2.45, 2.75) is 6.18 Å². The van der Waals surface area contributed by atoms with E-state index in [1.165, 1.54) is 0 Å². The fraction of sp³-hybridized carbons (Fsp3) is 0.111. The topological polar surface area (TPSA) is 20.2 Å². The summed E-state index contributed by atoms with van der Waals surface area (Å²) < 4.78 is 49.7. The third-order valence-corrected chi connectivity index (χ3v) is 1.61. The van der Waals surface area contributed by atoms with E-state index in [0.717, 1.165) is 12.1 Å². The molecular weight excluding hydrogens is 200 g/mol. The highest BCUT2D eigenvalue weighted by Gasteiger charge is 2.35. The van der Waals surface area contributed by atoms with Gasteiger partial charge in [-0.3, -0.25) is 0 Å². The van der Waals surface area contributed by atoms with Crippen molar-refractivity contribution >= 4 is 5.76 Å². The van der Waals surface area contributed by atoms with Gasteiger partial charge in [0.2, 0.25) is 0 Å². The monoisotopic (exact) mass is 206 g/mol. The summed E-state index contributed by atoms with van der Waals surface area (Å²) in [7, 11) is 0. The molecule has 0 fully saturated rings. The van der Waals surface area contributed by atoms with Gasteiger partial charge in [-0.1, -0.05) is 12.6 Å². The van der Waals surface area contributed by atoms with Crippen LogP contribution in [-0.4, -0.2) is 5.11 Å². The van der Waals surface area contributed by atoms with E-state index in [9.17, 15) is 17.6 Å². The average molecular weight is 206 g/mol. The average Bonchev–Trinajstić information content (AvgIpc) is 2.01. The molecular formula is C9H6F4O. The molecule has 0 aliphatic heterocycles. The van der Waals surface area contributed by atoms with Gasteiger partial charge < -0.3 is 5.11 Å². The second kappa shape index (κ2) is 3.32. The Morgan fingerprint density at radius 2 is 1.86 bits per heavy atom. The van der Waals surface area contributed by atoms with Crippen LogP contribution in [0.4, 0.5) is 17.6 Å². The highest BCUT2D eigenvalue weighted by atomic mass is 19.4. The highest BCUT2D eigenvalue weighted by molar-refractivity contribution is 5.61. The number of aliphatic hydroxyl groups is 1. The Morgan fingerprint density at radius 3 is 2.21 bits per heavy atom. The number of hydrogen-bond acceptors (Lipinski definition) is 1. The van der Waals surface area contributed by atoms with E-state index in [4.69, 9.17) is 5.11 Å². The molecule has 0 saturated carbocycles. The van der Waals surface area contributed by atoms with Crippen molar-refractivity contribution in [3.05, 3.63) is 41.7 Å². The lowest BCUT2D eigenvalue weighted by Crippen LogP contribution is -2.10. The molecule has 1 aromatic rings. The molecule has 0 heterocycles. The number of benzene rings is 1. The van der Waals surface area contributed by atoms with Crippen molar-refractivity contribution in [3.63, 3.8) is 0 Å².